The number of hydrogen-bond acceptors (Lipinski definition) is 2. The Balaban J connectivity index is 2.02. The molecule has 0 spiro atoms. The van der Waals surface area contributed by atoms with Crippen molar-refractivity contribution in [3.63, 3.8) is 0 Å². The van der Waals surface area contributed by atoms with Crippen LogP contribution in [-0.4, -0.2) is 12.0 Å². The van der Waals surface area contributed by atoms with Gasteiger partial charge in [-0.3, -0.25) is 4.79 Å². The summed E-state index contributed by atoms with van der Waals surface area (Å²) in [6.45, 7) is 0. The first-order valence-corrected chi connectivity index (χ1v) is 10.6. The lowest BCUT2D eigenvalue weighted by Crippen LogP contribution is -2.39. The molecule has 4 aromatic carbocycles. The lowest BCUT2D eigenvalue weighted by molar-refractivity contribution is -0.0884. The minimum Gasteiger partial charge on any atom is -0.367 e. The zero-order chi connectivity index (χ0) is 23.5. The van der Waals surface area contributed by atoms with Crippen LogP contribution in [0.3, 0.4) is 0 Å². The van der Waals surface area contributed by atoms with E-state index < -0.39 is 23.1 Å². The highest BCUT2D eigenvalue weighted by Crippen LogP contribution is 2.42. The third-order valence-electron chi connectivity index (χ3n) is 5.42. The van der Waals surface area contributed by atoms with Crippen LogP contribution in [0.15, 0.2) is 109 Å². The van der Waals surface area contributed by atoms with Crippen molar-refractivity contribution in [2.45, 2.75) is 11.7 Å². The van der Waals surface area contributed by atoms with Crippen molar-refractivity contribution in [1.82, 2.24) is 0 Å². The van der Waals surface area contributed by atoms with E-state index in [1.165, 1.54) is 18.2 Å². The summed E-state index contributed by atoms with van der Waals surface area (Å²) < 4.78 is 40.1. The predicted octanol–water partition coefficient (Wildman–Crippen LogP) is 7.49. The van der Waals surface area contributed by atoms with Crippen LogP contribution in [0.1, 0.15) is 27.0 Å². The summed E-state index contributed by atoms with van der Waals surface area (Å²) >= 11 is 6.34. The molecule has 0 aliphatic heterocycles. The molecule has 0 amide bonds. The standard InChI is InChI=1S/C27H19ClF3NO/c28-22-15-9-14-21(18-22)26(19-10-3-1-4-11-19,20-12-5-2-6-13-20)32-24-17-8-7-16-23(24)25(33)27(29,30)31/h1-18,32H. The Bertz CT molecular complexity index is 1220. The number of carbonyl (C=O) groups is 1. The van der Waals surface area contributed by atoms with Gasteiger partial charge in [-0.2, -0.15) is 13.2 Å². The smallest absolute Gasteiger partial charge is 0.367 e. The van der Waals surface area contributed by atoms with Crippen LogP contribution in [0, 0.1) is 0 Å². The molecule has 0 aromatic heterocycles. The number of nitrogens with one attached hydrogen (secondary N) is 1. The van der Waals surface area contributed by atoms with Crippen LogP contribution < -0.4 is 5.32 Å². The molecule has 166 valence electrons. The van der Waals surface area contributed by atoms with E-state index in [-0.39, 0.29) is 5.69 Å². The Labute approximate surface area is 194 Å². The molecule has 0 radical (unpaired) electrons. The summed E-state index contributed by atoms with van der Waals surface area (Å²) in [5, 5.41) is 3.79. The van der Waals surface area contributed by atoms with Crippen molar-refractivity contribution in [1.29, 1.82) is 0 Å². The minimum absolute atomic E-state index is 0.0625. The van der Waals surface area contributed by atoms with Crippen molar-refractivity contribution >= 4 is 23.1 Å². The van der Waals surface area contributed by atoms with E-state index in [0.29, 0.717) is 10.6 Å². The predicted molar refractivity (Wildman–Crippen MR) is 125 cm³/mol. The summed E-state index contributed by atoms with van der Waals surface area (Å²) in [5.74, 6) is -1.91. The number of benzene rings is 4. The topological polar surface area (TPSA) is 29.1 Å². The molecule has 0 unspecified atom stereocenters. The zero-order valence-electron chi connectivity index (χ0n) is 17.3. The maximum atomic E-state index is 13.4. The largest absolute Gasteiger partial charge is 0.454 e. The number of ketones is 1. The average Bonchev–Trinajstić information content (AvgIpc) is 2.83. The quantitative estimate of drug-likeness (QED) is 0.236. The van der Waals surface area contributed by atoms with Gasteiger partial charge in [-0.05, 0) is 41.0 Å². The average molecular weight is 466 g/mol. The number of hydrogen-bond donors (Lipinski definition) is 1. The molecular weight excluding hydrogens is 447 g/mol. The number of Topliss-reactive ketones (excluding diaryl/α,β-unsaturated/α-hetero) is 1. The van der Waals surface area contributed by atoms with Crippen LogP contribution in [0.25, 0.3) is 0 Å². The molecule has 0 heterocycles. The summed E-state index contributed by atoms with van der Waals surface area (Å²) in [6.07, 6.45) is -5.00. The van der Waals surface area contributed by atoms with Gasteiger partial charge in [0.15, 0.2) is 0 Å². The molecule has 0 saturated heterocycles. The van der Waals surface area contributed by atoms with E-state index in [9.17, 15) is 18.0 Å². The fourth-order valence-electron chi connectivity index (χ4n) is 3.96. The first-order chi connectivity index (χ1) is 15.8. The first kappa shape index (κ1) is 22.6. The molecule has 0 bridgehead atoms. The van der Waals surface area contributed by atoms with Gasteiger partial charge in [-0.1, -0.05) is 96.5 Å². The molecule has 0 aliphatic rings. The van der Waals surface area contributed by atoms with Gasteiger partial charge >= 0.3 is 6.18 Å². The van der Waals surface area contributed by atoms with Crippen LogP contribution in [0.5, 0.6) is 0 Å². The van der Waals surface area contributed by atoms with Crippen molar-refractivity contribution in [2.24, 2.45) is 0 Å². The highest BCUT2D eigenvalue weighted by atomic mass is 35.5. The van der Waals surface area contributed by atoms with Crippen LogP contribution >= 0.6 is 11.6 Å². The van der Waals surface area contributed by atoms with E-state index in [1.54, 1.807) is 24.3 Å². The Morgan fingerprint density at radius 3 is 1.73 bits per heavy atom. The van der Waals surface area contributed by atoms with E-state index >= 15 is 0 Å². The molecule has 0 saturated carbocycles. The van der Waals surface area contributed by atoms with E-state index in [2.05, 4.69) is 5.32 Å². The van der Waals surface area contributed by atoms with Gasteiger partial charge in [0.2, 0.25) is 0 Å². The lowest BCUT2D eigenvalue weighted by atomic mass is 9.76. The van der Waals surface area contributed by atoms with Crippen LogP contribution in [0.2, 0.25) is 5.02 Å². The molecule has 0 atom stereocenters. The molecular formula is C27H19ClF3NO. The van der Waals surface area contributed by atoms with E-state index in [0.717, 1.165) is 11.1 Å². The number of para-hydroxylation sites is 1. The molecule has 4 aromatic rings. The maximum Gasteiger partial charge on any atom is 0.454 e. The molecule has 1 N–H and O–H groups in total. The second-order valence-electron chi connectivity index (χ2n) is 7.49. The molecule has 2 nitrogen and oxygen atoms in total. The SMILES string of the molecule is O=C(c1ccccc1NC(c1ccccc1)(c1ccccc1)c1cccc(Cl)c1)C(F)(F)F. The van der Waals surface area contributed by atoms with Crippen molar-refractivity contribution in [3.05, 3.63) is 136 Å². The van der Waals surface area contributed by atoms with Crippen molar-refractivity contribution in [3.8, 4) is 0 Å². The first-order valence-electron chi connectivity index (χ1n) is 10.2. The van der Waals surface area contributed by atoms with Gasteiger partial charge in [-0.25, -0.2) is 0 Å². The fraction of sp³-hybridized carbons (Fsp3) is 0.0741. The number of rotatable bonds is 6. The second kappa shape index (κ2) is 9.12. The third kappa shape index (κ3) is 4.50. The Hall–Kier alpha value is -3.57. The highest BCUT2D eigenvalue weighted by Gasteiger charge is 2.42. The van der Waals surface area contributed by atoms with Crippen LogP contribution in [-0.2, 0) is 5.54 Å². The van der Waals surface area contributed by atoms with E-state index in [4.69, 9.17) is 11.6 Å². The summed E-state index contributed by atoms with van der Waals surface area (Å²) in [5.41, 5.74) is 0.730. The van der Waals surface area contributed by atoms with Gasteiger partial charge in [0.05, 0.1) is 5.56 Å². The van der Waals surface area contributed by atoms with Gasteiger partial charge in [0.1, 0.15) is 5.54 Å². The minimum atomic E-state index is -5.00. The maximum absolute atomic E-state index is 13.4. The van der Waals surface area contributed by atoms with Gasteiger partial charge < -0.3 is 5.32 Å². The number of anilines is 1. The third-order valence-corrected chi connectivity index (χ3v) is 5.66. The van der Waals surface area contributed by atoms with Gasteiger partial charge in [0.25, 0.3) is 5.78 Å². The zero-order valence-corrected chi connectivity index (χ0v) is 18.1. The number of alkyl halides is 3. The molecule has 33 heavy (non-hydrogen) atoms. The summed E-state index contributed by atoms with van der Waals surface area (Å²) in [6, 6.07) is 31.5. The van der Waals surface area contributed by atoms with Gasteiger partial charge in [-0.15, -0.1) is 0 Å². The van der Waals surface area contributed by atoms with Gasteiger partial charge in [0, 0.05) is 10.7 Å². The highest BCUT2D eigenvalue weighted by molar-refractivity contribution is 6.30. The summed E-state index contributed by atoms with van der Waals surface area (Å²) in [7, 11) is 0. The Morgan fingerprint density at radius 1 is 0.667 bits per heavy atom. The number of halogens is 4. The van der Waals surface area contributed by atoms with Crippen LogP contribution in [0.4, 0.5) is 18.9 Å². The van der Waals surface area contributed by atoms with E-state index in [1.807, 2.05) is 66.7 Å². The summed E-state index contributed by atoms with van der Waals surface area (Å²) in [4.78, 5) is 12.3. The monoisotopic (exact) mass is 465 g/mol. The molecule has 6 heteroatoms. The molecule has 0 fully saturated rings. The van der Waals surface area contributed by atoms with Crippen molar-refractivity contribution < 1.29 is 18.0 Å². The molecule has 0 aliphatic carbocycles. The van der Waals surface area contributed by atoms with Crippen molar-refractivity contribution in [2.75, 3.05) is 5.32 Å². The number of carbonyl (C=O) groups excluding carboxylic acids is 1. The Kier molecular flexibility index (Phi) is 6.25. The second-order valence-corrected chi connectivity index (χ2v) is 7.93. The normalized spacial score (nSPS) is 11.8. The molecule has 4 rings (SSSR count). The fourth-order valence-corrected chi connectivity index (χ4v) is 4.15. The Morgan fingerprint density at radius 2 is 1.18 bits per heavy atom. The lowest BCUT2D eigenvalue weighted by Gasteiger charge is -2.38.